The minimum absolute atomic E-state index is 0.0824. The number of anilines is 1. The molecule has 1 aliphatic rings. The topological polar surface area (TPSA) is 57.5 Å². The standard InChI is InChI=1S/C19H28N6O/c1-6-25-19(23(4)5)20-17(21-25)14-8-7-9-15(12-14)18(26)24-11-10-16(13-24)22(2)3/h7-9,12,16H,6,10-11,13H2,1-5H3/t16-/m0/s1. The maximum Gasteiger partial charge on any atom is 0.253 e. The molecule has 2 aromatic rings. The van der Waals surface area contributed by atoms with E-state index in [1.54, 1.807) is 0 Å². The third-order valence-electron chi connectivity index (χ3n) is 4.90. The van der Waals surface area contributed by atoms with Crippen LogP contribution < -0.4 is 4.90 Å². The maximum atomic E-state index is 12.9. The summed E-state index contributed by atoms with van der Waals surface area (Å²) < 4.78 is 1.87. The van der Waals surface area contributed by atoms with Gasteiger partial charge in [-0.2, -0.15) is 4.98 Å². The van der Waals surface area contributed by atoms with E-state index in [-0.39, 0.29) is 5.91 Å². The Bertz CT molecular complexity index is 782. The van der Waals surface area contributed by atoms with Gasteiger partial charge in [-0.3, -0.25) is 4.79 Å². The van der Waals surface area contributed by atoms with Gasteiger partial charge < -0.3 is 14.7 Å². The van der Waals surface area contributed by atoms with E-state index < -0.39 is 0 Å². The molecule has 1 aromatic carbocycles. The molecular formula is C19H28N6O. The van der Waals surface area contributed by atoms with Crippen LogP contribution in [0.5, 0.6) is 0 Å². The lowest BCUT2D eigenvalue weighted by Crippen LogP contribution is -2.34. The summed E-state index contributed by atoms with van der Waals surface area (Å²) in [5, 5.41) is 4.59. The van der Waals surface area contributed by atoms with Crippen LogP contribution in [0.15, 0.2) is 24.3 Å². The highest BCUT2D eigenvalue weighted by Crippen LogP contribution is 2.22. The van der Waals surface area contributed by atoms with Gasteiger partial charge in [-0.1, -0.05) is 12.1 Å². The molecule has 7 nitrogen and oxygen atoms in total. The Morgan fingerprint density at radius 2 is 2.04 bits per heavy atom. The quantitative estimate of drug-likeness (QED) is 0.818. The zero-order valence-electron chi connectivity index (χ0n) is 16.3. The van der Waals surface area contributed by atoms with E-state index in [4.69, 9.17) is 0 Å². The Balaban J connectivity index is 1.84. The molecule has 0 N–H and O–H groups in total. The Labute approximate surface area is 155 Å². The number of hydrogen-bond acceptors (Lipinski definition) is 5. The van der Waals surface area contributed by atoms with Crippen LogP contribution in [0, 0.1) is 0 Å². The Morgan fingerprint density at radius 3 is 2.62 bits per heavy atom. The molecule has 1 saturated heterocycles. The van der Waals surface area contributed by atoms with Crippen molar-refractivity contribution in [2.24, 2.45) is 0 Å². The highest BCUT2D eigenvalue weighted by Gasteiger charge is 2.28. The van der Waals surface area contributed by atoms with Gasteiger partial charge >= 0.3 is 0 Å². The van der Waals surface area contributed by atoms with Gasteiger partial charge in [0.2, 0.25) is 5.95 Å². The Kier molecular flexibility index (Phi) is 5.27. The number of benzene rings is 1. The summed E-state index contributed by atoms with van der Waals surface area (Å²) in [6, 6.07) is 8.08. The number of nitrogens with zero attached hydrogens (tertiary/aromatic N) is 6. The van der Waals surface area contributed by atoms with E-state index >= 15 is 0 Å². The molecule has 1 atom stereocenters. The fourth-order valence-corrected chi connectivity index (χ4v) is 3.32. The second-order valence-electron chi connectivity index (χ2n) is 7.18. The largest absolute Gasteiger partial charge is 0.347 e. The first-order chi connectivity index (χ1) is 12.4. The molecule has 0 spiro atoms. The summed E-state index contributed by atoms with van der Waals surface area (Å²) in [6.07, 6.45) is 1.02. The number of likely N-dealkylation sites (tertiary alicyclic amines) is 1. The molecule has 1 aromatic heterocycles. The van der Waals surface area contributed by atoms with Crippen molar-refractivity contribution >= 4 is 11.9 Å². The molecule has 1 amide bonds. The molecule has 0 saturated carbocycles. The number of aryl methyl sites for hydroxylation is 1. The van der Waals surface area contributed by atoms with Gasteiger partial charge in [0, 0.05) is 50.9 Å². The van der Waals surface area contributed by atoms with E-state index in [1.807, 2.05) is 59.8 Å². The molecule has 0 unspecified atom stereocenters. The van der Waals surface area contributed by atoms with E-state index in [1.165, 1.54) is 0 Å². The van der Waals surface area contributed by atoms with E-state index in [0.29, 0.717) is 17.4 Å². The zero-order valence-corrected chi connectivity index (χ0v) is 16.3. The number of hydrogen-bond donors (Lipinski definition) is 0. The van der Waals surface area contributed by atoms with Gasteiger partial charge in [0.1, 0.15) is 0 Å². The molecule has 1 aliphatic heterocycles. The summed E-state index contributed by atoms with van der Waals surface area (Å²) in [7, 11) is 8.04. The summed E-state index contributed by atoms with van der Waals surface area (Å²) in [5.74, 6) is 1.55. The van der Waals surface area contributed by atoms with E-state index in [2.05, 4.69) is 29.1 Å². The third kappa shape index (κ3) is 3.58. The zero-order chi connectivity index (χ0) is 18.8. The van der Waals surface area contributed by atoms with Crippen molar-refractivity contribution in [2.45, 2.75) is 25.9 Å². The maximum absolute atomic E-state index is 12.9. The van der Waals surface area contributed by atoms with Gasteiger partial charge in [-0.15, -0.1) is 5.10 Å². The molecule has 7 heteroatoms. The molecule has 0 radical (unpaired) electrons. The Hall–Kier alpha value is -2.41. The second kappa shape index (κ2) is 7.45. The van der Waals surface area contributed by atoms with Crippen molar-refractivity contribution < 1.29 is 4.79 Å². The van der Waals surface area contributed by atoms with Crippen LogP contribution in [-0.2, 0) is 6.54 Å². The summed E-state index contributed by atoms with van der Waals surface area (Å²) in [6.45, 7) is 4.38. The first-order valence-corrected chi connectivity index (χ1v) is 9.09. The van der Waals surface area contributed by atoms with E-state index in [9.17, 15) is 4.79 Å². The SMILES string of the molecule is CCn1nc(-c2cccc(C(=O)N3CC[C@H](N(C)C)C3)c2)nc1N(C)C. The Morgan fingerprint density at radius 1 is 1.27 bits per heavy atom. The average Bonchev–Trinajstić information content (AvgIpc) is 3.28. The van der Waals surface area contributed by atoms with Crippen LogP contribution in [0.3, 0.4) is 0 Å². The predicted octanol–water partition coefficient (Wildman–Crippen LogP) is 1.81. The van der Waals surface area contributed by atoms with Crippen LogP contribution >= 0.6 is 0 Å². The van der Waals surface area contributed by atoms with Crippen LogP contribution in [0.2, 0.25) is 0 Å². The van der Waals surface area contributed by atoms with Gasteiger partial charge in [0.05, 0.1) is 0 Å². The lowest BCUT2D eigenvalue weighted by atomic mass is 10.1. The molecule has 0 bridgehead atoms. The minimum Gasteiger partial charge on any atom is -0.347 e. The van der Waals surface area contributed by atoms with Gasteiger partial charge in [-0.05, 0) is 39.6 Å². The fourth-order valence-electron chi connectivity index (χ4n) is 3.32. The van der Waals surface area contributed by atoms with Crippen molar-refractivity contribution in [3.63, 3.8) is 0 Å². The first kappa shape index (κ1) is 18.4. The second-order valence-corrected chi connectivity index (χ2v) is 7.18. The van der Waals surface area contributed by atoms with E-state index in [0.717, 1.165) is 37.6 Å². The average molecular weight is 356 g/mol. The molecule has 140 valence electrons. The van der Waals surface area contributed by atoms with Crippen LogP contribution in [0.25, 0.3) is 11.4 Å². The third-order valence-corrected chi connectivity index (χ3v) is 4.90. The van der Waals surface area contributed by atoms with Gasteiger partial charge in [0.25, 0.3) is 5.91 Å². The van der Waals surface area contributed by atoms with Crippen LogP contribution in [-0.4, -0.2) is 77.8 Å². The minimum atomic E-state index is 0.0824. The van der Waals surface area contributed by atoms with Crippen molar-refractivity contribution in [1.29, 1.82) is 0 Å². The highest BCUT2D eigenvalue weighted by atomic mass is 16.2. The monoisotopic (exact) mass is 356 g/mol. The number of aromatic nitrogens is 3. The van der Waals surface area contributed by atoms with Crippen molar-refractivity contribution in [2.75, 3.05) is 46.2 Å². The lowest BCUT2D eigenvalue weighted by molar-refractivity contribution is 0.0783. The first-order valence-electron chi connectivity index (χ1n) is 9.09. The van der Waals surface area contributed by atoms with Gasteiger partial charge in [-0.25, -0.2) is 4.68 Å². The molecular weight excluding hydrogens is 328 g/mol. The van der Waals surface area contributed by atoms with Crippen molar-refractivity contribution in [3.05, 3.63) is 29.8 Å². The molecule has 0 aliphatic carbocycles. The predicted molar refractivity (Wildman–Crippen MR) is 103 cm³/mol. The number of carbonyl (C=O) groups is 1. The van der Waals surface area contributed by atoms with Crippen molar-refractivity contribution in [1.82, 2.24) is 24.6 Å². The smallest absolute Gasteiger partial charge is 0.253 e. The highest BCUT2D eigenvalue weighted by molar-refractivity contribution is 5.95. The summed E-state index contributed by atoms with van der Waals surface area (Å²) >= 11 is 0. The van der Waals surface area contributed by atoms with Crippen LogP contribution in [0.1, 0.15) is 23.7 Å². The molecule has 3 rings (SSSR count). The summed E-state index contributed by atoms with van der Waals surface area (Å²) in [5.41, 5.74) is 1.57. The molecule has 2 heterocycles. The number of amides is 1. The van der Waals surface area contributed by atoms with Gasteiger partial charge in [0.15, 0.2) is 5.82 Å². The lowest BCUT2D eigenvalue weighted by Gasteiger charge is -2.20. The van der Waals surface area contributed by atoms with Crippen molar-refractivity contribution in [3.8, 4) is 11.4 Å². The normalized spacial score (nSPS) is 17.2. The molecule has 1 fully saturated rings. The van der Waals surface area contributed by atoms with Crippen LogP contribution in [0.4, 0.5) is 5.95 Å². The number of carbonyl (C=O) groups excluding carboxylic acids is 1. The summed E-state index contributed by atoms with van der Waals surface area (Å²) in [4.78, 5) is 23.6. The number of likely N-dealkylation sites (N-methyl/N-ethyl adjacent to an activating group) is 1. The fraction of sp³-hybridized carbons (Fsp3) is 0.526. The molecule has 26 heavy (non-hydrogen) atoms. The number of rotatable bonds is 5.